The van der Waals surface area contributed by atoms with Gasteiger partial charge in [0.05, 0.1) is 11.8 Å². The third-order valence-corrected chi connectivity index (χ3v) is 3.68. The maximum atomic E-state index is 12.2. The van der Waals surface area contributed by atoms with Crippen LogP contribution in [0.3, 0.4) is 0 Å². The standard InChI is InChI=1S/C14H18N6O/c15-7-11-1-2-13(16-8-11)19-3-5-20(6-4-19)14(21)12-9-17-18-10-12/h1-2,8-10H,3-7,15H2,(H,17,18). The number of carbonyl (C=O) groups excluding carboxylic acids is 1. The second-order valence-electron chi connectivity index (χ2n) is 4.99. The average Bonchev–Trinajstić information content (AvgIpc) is 3.09. The molecular weight excluding hydrogens is 268 g/mol. The van der Waals surface area contributed by atoms with E-state index < -0.39 is 0 Å². The van der Waals surface area contributed by atoms with Crippen LogP contribution in [-0.2, 0) is 6.54 Å². The summed E-state index contributed by atoms with van der Waals surface area (Å²) in [6.45, 7) is 3.42. The number of hydrogen-bond donors (Lipinski definition) is 2. The zero-order chi connectivity index (χ0) is 14.7. The number of anilines is 1. The van der Waals surface area contributed by atoms with Crippen LogP contribution in [0.15, 0.2) is 30.7 Å². The van der Waals surface area contributed by atoms with Crippen LogP contribution in [0.25, 0.3) is 0 Å². The Balaban J connectivity index is 1.60. The molecule has 7 nitrogen and oxygen atoms in total. The Labute approximate surface area is 122 Å². The van der Waals surface area contributed by atoms with E-state index in [-0.39, 0.29) is 5.91 Å². The van der Waals surface area contributed by atoms with Crippen LogP contribution in [0.1, 0.15) is 15.9 Å². The smallest absolute Gasteiger partial charge is 0.257 e. The zero-order valence-electron chi connectivity index (χ0n) is 11.7. The monoisotopic (exact) mass is 286 g/mol. The molecule has 3 N–H and O–H groups in total. The largest absolute Gasteiger partial charge is 0.353 e. The lowest BCUT2D eigenvalue weighted by Gasteiger charge is -2.35. The van der Waals surface area contributed by atoms with Gasteiger partial charge in [0.2, 0.25) is 0 Å². The van der Waals surface area contributed by atoms with Crippen LogP contribution < -0.4 is 10.6 Å². The molecule has 0 bridgehead atoms. The van der Waals surface area contributed by atoms with E-state index in [0.717, 1.165) is 24.5 Å². The van der Waals surface area contributed by atoms with E-state index in [1.165, 1.54) is 0 Å². The maximum Gasteiger partial charge on any atom is 0.257 e. The van der Waals surface area contributed by atoms with Gasteiger partial charge in [0, 0.05) is 45.1 Å². The third kappa shape index (κ3) is 2.87. The first-order valence-electron chi connectivity index (χ1n) is 6.96. The minimum atomic E-state index is 0.0230. The molecule has 1 saturated heterocycles. The predicted octanol–water partition coefficient (Wildman–Crippen LogP) is 0.226. The SMILES string of the molecule is NCc1ccc(N2CCN(C(=O)c3cn[nH]c3)CC2)nc1. The van der Waals surface area contributed by atoms with Gasteiger partial charge in [-0.25, -0.2) is 4.98 Å². The summed E-state index contributed by atoms with van der Waals surface area (Å²) in [6.07, 6.45) is 4.99. The summed E-state index contributed by atoms with van der Waals surface area (Å²) in [5.74, 6) is 0.956. The van der Waals surface area contributed by atoms with Gasteiger partial charge in [0.15, 0.2) is 0 Å². The Morgan fingerprint density at radius 2 is 2.05 bits per heavy atom. The van der Waals surface area contributed by atoms with Gasteiger partial charge in [-0.2, -0.15) is 5.10 Å². The van der Waals surface area contributed by atoms with Crippen LogP contribution >= 0.6 is 0 Å². The first-order valence-corrected chi connectivity index (χ1v) is 6.96. The summed E-state index contributed by atoms with van der Waals surface area (Å²) in [5.41, 5.74) is 7.20. The van der Waals surface area contributed by atoms with E-state index in [2.05, 4.69) is 20.1 Å². The van der Waals surface area contributed by atoms with Crippen molar-refractivity contribution in [2.45, 2.75) is 6.54 Å². The lowest BCUT2D eigenvalue weighted by atomic mass is 10.2. The molecule has 3 heterocycles. The van der Waals surface area contributed by atoms with Crippen molar-refractivity contribution in [1.82, 2.24) is 20.1 Å². The molecule has 1 aliphatic rings. The molecule has 110 valence electrons. The second kappa shape index (κ2) is 5.92. The predicted molar refractivity (Wildman–Crippen MR) is 78.8 cm³/mol. The number of aromatic amines is 1. The quantitative estimate of drug-likeness (QED) is 0.842. The Bertz CT molecular complexity index is 586. The van der Waals surface area contributed by atoms with Gasteiger partial charge in [-0.15, -0.1) is 0 Å². The number of hydrogen-bond acceptors (Lipinski definition) is 5. The number of amides is 1. The molecule has 0 radical (unpaired) electrons. The fourth-order valence-electron chi connectivity index (χ4n) is 2.41. The van der Waals surface area contributed by atoms with Gasteiger partial charge >= 0.3 is 0 Å². The zero-order valence-corrected chi connectivity index (χ0v) is 11.7. The fraction of sp³-hybridized carbons (Fsp3) is 0.357. The van der Waals surface area contributed by atoms with Crippen molar-refractivity contribution >= 4 is 11.7 Å². The minimum absolute atomic E-state index is 0.0230. The highest BCUT2D eigenvalue weighted by molar-refractivity contribution is 5.93. The Morgan fingerprint density at radius 3 is 2.62 bits per heavy atom. The van der Waals surface area contributed by atoms with Crippen LogP contribution in [0.4, 0.5) is 5.82 Å². The molecule has 1 aliphatic heterocycles. The fourth-order valence-corrected chi connectivity index (χ4v) is 2.41. The molecule has 0 saturated carbocycles. The first-order chi connectivity index (χ1) is 10.3. The second-order valence-corrected chi connectivity index (χ2v) is 4.99. The van der Waals surface area contributed by atoms with Crippen LogP contribution in [0.5, 0.6) is 0 Å². The van der Waals surface area contributed by atoms with Crippen LogP contribution in [0, 0.1) is 0 Å². The molecule has 3 rings (SSSR count). The summed E-state index contributed by atoms with van der Waals surface area (Å²) in [4.78, 5) is 20.6. The summed E-state index contributed by atoms with van der Waals surface area (Å²) >= 11 is 0. The lowest BCUT2D eigenvalue weighted by molar-refractivity contribution is 0.0746. The number of nitrogens with one attached hydrogen (secondary N) is 1. The Hall–Kier alpha value is -2.41. The summed E-state index contributed by atoms with van der Waals surface area (Å²) in [7, 11) is 0. The molecule has 0 spiro atoms. The van der Waals surface area contributed by atoms with E-state index >= 15 is 0 Å². The molecule has 2 aromatic rings. The van der Waals surface area contributed by atoms with E-state index in [1.54, 1.807) is 18.6 Å². The van der Waals surface area contributed by atoms with Crippen molar-refractivity contribution in [3.8, 4) is 0 Å². The Kier molecular flexibility index (Phi) is 3.83. The van der Waals surface area contributed by atoms with E-state index in [1.807, 2.05) is 17.0 Å². The van der Waals surface area contributed by atoms with Crippen molar-refractivity contribution in [1.29, 1.82) is 0 Å². The first kappa shape index (κ1) is 13.6. The van der Waals surface area contributed by atoms with Gasteiger partial charge < -0.3 is 15.5 Å². The summed E-state index contributed by atoms with van der Waals surface area (Å²) in [5, 5.41) is 6.48. The summed E-state index contributed by atoms with van der Waals surface area (Å²) < 4.78 is 0. The average molecular weight is 286 g/mol. The van der Waals surface area contributed by atoms with Crippen molar-refractivity contribution in [3.05, 3.63) is 41.9 Å². The molecule has 0 aliphatic carbocycles. The number of aromatic nitrogens is 3. The number of nitrogens with zero attached hydrogens (tertiary/aromatic N) is 4. The van der Waals surface area contributed by atoms with Crippen molar-refractivity contribution in [2.75, 3.05) is 31.1 Å². The number of nitrogens with two attached hydrogens (primary N) is 1. The van der Waals surface area contributed by atoms with Gasteiger partial charge in [-0.1, -0.05) is 6.07 Å². The normalized spacial score (nSPS) is 15.3. The highest BCUT2D eigenvalue weighted by Crippen LogP contribution is 2.15. The van der Waals surface area contributed by atoms with Crippen molar-refractivity contribution < 1.29 is 4.79 Å². The summed E-state index contributed by atoms with van der Waals surface area (Å²) in [6, 6.07) is 3.97. The van der Waals surface area contributed by atoms with Crippen LogP contribution in [-0.4, -0.2) is 52.2 Å². The molecule has 1 amide bonds. The molecule has 21 heavy (non-hydrogen) atoms. The number of carbonyl (C=O) groups is 1. The minimum Gasteiger partial charge on any atom is -0.353 e. The molecule has 1 fully saturated rings. The Morgan fingerprint density at radius 1 is 1.24 bits per heavy atom. The topological polar surface area (TPSA) is 91.1 Å². The molecule has 0 atom stereocenters. The number of piperazine rings is 1. The lowest BCUT2D eigenvalue weighted by Crippen LogP contribution is -2.49. The molecule has 0 unspecified atom stereocenters. The third-order valence-electron chi connectivity index (χ3n) is 3.68. The highest BCUT2D eigenvalue weighted by Gasteiger charge is 2.23. The molecule has 0 aromatic carbocycles. The van der Waals surface area contributed by atoms with E-state index in [9.17, 15) is 4.79 Å². The van der Waals surface area contributed by atoms with Crippen LogP contribution in [0.2, 0.25) is 0 Å². The number of pyridine rings is 1. The van der Waals surface area contributed by atoms with Crippen molar-refractivity contribution in [2.24, 2.45) is 5.73 Å². The van der Waals surface area contributed by atoms with Gasteiger partial charge in [0.1, 0.15) is 5.82 Å². The molecule has 2 aromatic heterocycles. The van der Waals surface area contributed by atoms with Gasteiger partial charge in [0.25, 0.3) is 5.91 Å². The molecule has 7 heteroatoms. The highest BCUT2D eigenvalue weighted by atomic mass is 16.2. The van der Waals surface area contributed by atoms with E-state index in [0.29, 0.717) is 25.2 Å². The maximum absolute atomic E-state index is 12.2. The molecular formula is C14H18N6O. The van der Waals surface area contributed by atoms with E-state index in [4.69, 9.17) is 5.73 Å². The number of H-pyrrole nitrogens is 1. The van der Waals surface area contributed by atoms with Gasteiger partial charge in [-0.3, -0.25) is 9.89 Å². The number of rotatable bonds is 3. The van der Waals surface area contributed by atoms with Gasteiger partial charge in [-0.05, 0) is 11.6 Å². The van der Waals surface area contributed by atoms with Crippen molar-refractivity contribution in [3.63, 3.8) is 0 Å².